The van der Waals surface area contributed by atoms with Gasteiger partial charge in [-0.3, -0.25) is 4.79 Å². The van der Waals surface area contributed by atoms with Crippen LogP contribution in [0.1, 0.15) is 23.7 Å². The number of hydrogen-bond donors (Lipinski definition) is 2. The Morgan fingerprint density at radius 1 is 1.33 bits per heavy atom. The molecule has 6 heteroatoms. The van der Waals surface area contributed by atoms with Gasteiger partial charge in [0.05, 0.1) is 6.61 Å². The maximum atomic E-state index is 11.0. The van der Waals surface area contributed by atoms with Crippen LogP contribution in [0.25, 0.3) is 0 Å². The topological polar surface area (TPSA) is 98.8 Å². The quantitative estimate of drug-likeness (QED) is 0.756. The van der Waals surface area contributed by atoms with E-state index in [9.17, 15) is 9.59 Å². The molecule has 0 atom stereocenters. The van der Waals surface area contributed by atoms with E-state index in [4.69, 9.17) is 20.3 Å². The van der Waals surface area contributed by atoms with Crippen molar-refractivity contribution in [3.05, 3.63) is 23.8 Å². The second-order valence-electron chi connectivity index (χ2n) is 3.57. The lowest BCUT2D eigenvalue weighted by Crippen LogP contribution is -2.20. The van der Waals surface area contributed by atoms with Crippen LogP contribution >= 0.6 is 0 Å². The van der Waals surface area contributed by atoms with Gasteiger partial charge in [-0.15, -0.1) is 0 Å². The summed E-state index contributed by atoms with van der Waals surface area (Å²) in [6, 6.07) is 4.34. The molecule has 0 unspecified atom stereocenters. The van der Waals surface area contributed by atoms with Crippen LogP contribution in [-0.2, 0) is 4.79 Å². The van der Waals surface area contributed by atoms with Gasteiger partial charge in [-0.2, -0.15) is 0 Å². The fourth-order valence-corrected chi connectivity index (χ4v) is 1.26. The highest BCUT2D eigenvalue weighted by Crippen LogP contribution is 2.25. The van der Waals surface area contributed by atoms with E-state index < -0.39 is 11.9 Å². The van der Waals surface area contributed by atoms with Crippen molar-refractivity contribution < 1.29 is 24.2 Å². The van der Waals surface area contributed by atoms with Crippen molar-refractivity contribution in [1.29, 1.82) is 0 Å². The first-order valence-corrected chi connectivity index (χ1v) is 5.45. The molecule has 18 heavy (non-hydrogen) atoms. The van der Waals surface area contributed by atoms with Crippen LogP contribution in [0.3, 0.4) is 0 Å². The minimum atomic E-state index is -1.14. The average molecular weight is 253 g/mol. The van der Waals surface area contributed by atoms with Gasteiger partial charge in [-0.05, 0) is 18.6 Å². The molecule has 0 radical (unpaired) electrons. The van der Waals surface area contributed by atoms with Crippen molar-refractivity contribution in [2.24, 2.45) is 5.73 Å². The lowest BCUT2D eigenvalue weighted by molar-refractivity contribution is -0.119. The number of rotatable bonds is 7. The Hall–Kier alpha value is -2.24. The molecule has 1 aromatic rings. The van der Waals surface area contributed by atoms with Gasteiger partial charge in [0, 0.05) is 6.07 Å². The summed E-state index contributed by atoms with van der Waals surface area (Å²) < 4.78 is 10.4. The molecule has 98 valence electrons. The summed E-state index contributed by atoms with van der Waals surface area (Å²) in [6.45, 7) is 2.09. The van der Waals surface area contributed by atoms with Crippen LogP contribution in [0.2, 0.25) is 0 Å². The van der Waals surface area contributed by atoms with E-state index in [0.29, 0.717) is 12.4 Å². The number of amides is 1. The summed E-state index contributed by atoms with van der Waals surface area (Å²) in [6.07, 6.45) is 0.832. The second-order valence-corrected chi connectivity index (χ2v) is 3.57. The zero-order valence-corrected chi connectivity index (χ0v) is 10.0. The number of hydrogen-bond acceptors (Lipinski definition) is 4. The van der Waals surface area contributed by atoms with Crippen molar-refractivity contribution >= 4 is 11.9 Å². The molecule has 0 saturated heterocycles. The molecule has 0 fully saturated rings. The first-order valence-electron chi connectivity index (χ1n) is 5.45. The highest BCUT2D eigenvalue weighted by atomic mass is 16.5. The molecule has 3 N–H and O–H groups in total. The van der Waals surface area contributed by atoms with Crippen molar-refractivity contribution in [1.82, 2.24) is 0 Å². The SMILES string of the molecule is CCCOc1ccc(C(=O)O)c(OCC(N)=O)c1. The van der Waals surface area contributed by atoms with Gasteiger partial charge in [0.25, 0.3) is 5.91 Å². The molecular formula is C12H15NO5. The minimum Gasteiger partial charge on any atom is -0.493 e. The van der Waals surface area contributed by atoms with E-state index >= 15 is 0 Å². The largest absolute Gasteiger partial charge is 0.493 e. The molecule has 0 spiro atoms. The van der Waals surface area contributed by atoms with Gasteiger partial charge < -0.3 is 20.3 Å². The number of primary amides is 1. The molecule has 0 aliphatic carbocycles. The van der Waals surface area contributed by atoms with Crippen LogP contribution in [0.15, 0.2) is 18.2 Å². The van der Waals surface area contributed by atoms with E-state index in [-0.39, 0.29) is 17.9 Å². The summed E-state index contributed by atoms with van der Waals surface area (Å²) in [7, 11) is 0. The van der Waals surface area contributed by atoms with Gasteiger partial charge in [0.15, 0.2) is 6.61 Å². The average Bonchev–Trinajstić information content (AvgIpc) is 2.33. The van der Waals surface area contributed by atoms with Crippen LogP contribution < -0.4 is 15.2 Å². The van der Waals surface area contributed by atoms with Crippen molar-refractivity contribution in [3.63, 3.8) is 0 Å². The third kappa shape index (κ3) is 3.97. The van der Waals surface area contributed by atoms with Crippen LogP contribution in [0.4, 0.5) is 0 Å². The summed E-state index contributed by atoms with van der Waals surface area (Å²) in [5, 5.41) is 8.96. The first-order chi connectivity index (χ1) is 8.54. The second kappa shape index (κ2) is 6.48. The van der Waals surface area contributed by atoms with Crippen molar-refractivity contribution in [3.8, 4) is 11.5 Å². The predicted octanol–water partition coefficient (Wildman–Crippen LogP) is 1.04. The lowest BCUT2D eigenvalue weighted by atomic mass is 10.2. The number of carboxylic acid groups (broad SMARTS) is 1. The van der Waals surface area contributed by atoms with Gasteiger partial charge in [0.1, 0.15) is 17.1 Å². The Morgan fingerprint density at radius 3 is 2.61 bits per heavy atom. The Labute approximate surface area is 104 Å². The molecule has 0 heterocycles. The van der Waals surface area contributed by atoms with E-state index in [1.807, 2.05) is 6.92 Å². The molecule has 1 amide bonds. The molecule has 6 nitrogen and oxygen atoms in total. The maximum absolute atomic E-state index is 11.0. The summed E-state index contributed by atoms with van der Waals surface area (Å²) >= 11 is 0. The first kappa shape index (κ1) is 13.8. The molecule has 0 aliphatic rings. The third-order valence-electron chi connectivity index (χ3n) is 2.03. The number of aromatic carboxylic acids is 1. The smallest absolute Gasteiger partial charge is 0.339 e. The predicted molar refractivity (Wildman–Crippen MR) is 63.9 cm³/mol. The normalized spacial score (nSPS) is 9.83. The van der Waals surface area contributed by atoms with Crippen LogP contribution in [0.5, 0.6) is 11.5 Å². The van der Waals surface area contributed by atoms with Crippen molar-refractivity contribution in [2.45, 2.75) is 13.3 Å². The summed E-state index contributed by atoms with van der Waals surface area (Å²) in [5.41, 5.74) is 4.90. The fourth-order valence-electron chi connectivity index (χ4n) is 1.26. The standard InChI is InChI=1S/C12H15NO5/c1-2-5-17-8-3-4-9(12(15)16)10(6-8)18-7-11(13)14/h3-4,6H,2,5,7H2,1H3,(H2,13,14)(H,15,16). The lowest BCUT2D eigenvalue weighted by Gasteiger charge is -2.10. The van der Waals surface area contributed by atoms with E-state index in [2.05, 4.69) is 0 Å². The minimum absolute atomic E-state index is 0.0416. The maximum Gasteiger partial charge on any atom is 0.339 e. The Kier molecular flexibility index (Phi) is 4.98. The van der Waals surface area contributed by atoms with Gasteiger partial charge in [-0.1, -0.05) is 6.92 Å². The highest BCUT2D eigenvalue weighted by Gasteiger charge is 2.13. The Morgan fingerprint density at radius 2 is 2.06 bits per heavy atom. The van der Waals surface area contributed by atoms with Gasteiger partial charge in [0.2, 0.25) is 0 Å². The van der Waals surface area contributed by atoms with Crippen molar-refractivity contribution in [2.75, 3.05) is 13.2 Å². The Balaban J connectivity index is 2.92. The van der Waals surface area contributed by atoms with Gasteiger partial charge >= 0.3 is 5.97 Å². The zero-order chi connectivity index (χ0) is 13.5. The van der Waals surface area contributed by atoms with Gasteiger partial charge in [-0.25, -0.2) is 4.79 Å². The molecular weight excluding hydrogens is 238 g/mol. The van der Waals surface area contributed by atoms with E-state index in [1.165, 1.54) is 18.2 Å². The number of benzene rings is 1. The summed E-state index contributed by atoms with van der Waals surface area (Å²) in [4.78, 5) is 21.6. The molecule has 0 bridgehead atoms. The van der Waals surface area contributed by atoms with E-state index in [1.54, 1.807) is 0 Å². The Bertz CT molecular complexity index is 444. The van der Waals surface area contributed by atoms with Crippen LogP contribution in [0, 0.1) is 0 Å². The molecule has 1 rings (SSSR count). The number of carbonyl (C=O) groups is 2. The highest BCUT2D eigenvalue weighted by molar-refractivity contribution is 5.91. The number of nitrogens with two attached hydrogens (primary N) is 1. The molecule has 0 aliphatic heterocycles. The van der Waals surface area contributed by atoms with Crippen LogP contribution in [-0.4, -0.2) is 30.2 Å². The molecule has 0 aromatic heterocycles. The molecule has 1 aromatic carbocycles. The zero-order valence-electron chi connectivity index (χ0n) is 10.0. The number of carboxylic acids is 1. The number of ether oxygens (including phenoxy) is 2. The molecule has 0 saturated carbocycles. The van der Waals surface area contributed by atoms with E-state index in [0.717, 1.165) is 6.42 Å². The third-order valence-corrected chi connectivity index (χ3v) is 2.03. The number of carbonyl (C=O) groups excluding carboxylic acids is 1. The summed E-state index contributed by atoms with van der Waals surface area (Å²) in [5.74, 6) is -1.26. The monoisotopic (exact) mass is 253 g/mol. The fraction of sp³-hybridized carbons (Fsp3) is 0.333.